The second kappa shape index (κ2) is 7.75. The molecule has 1 rings (SSSR count). The summed E-state index contributed by atoms with van der Waals surface area (Å²) in [5.74, 6) is -0.893. The SMILES string of the molecule is CCOC(=O)c1cc(Br)c(N/N=C(\C#N)C(=N)N)c(Br)c1. The number of halogens is 2. The van der Waals surface area contributed by atoms with Gasteiger partial charge in [-0.25, -0.2) is 4.79 Å². The molecule has 0 amide bonds. The average molecular weight is 417 g/mol. The van der Waals surface area contributed by atoms with Crippen LogP contribution in [-0.2, 0) is 4.74 Å². The highest BCUT2D eigenvalue weighted by molar-refractivity contribution is 9.11. The van der Waals surface area contributed by atoms with Gasteiger partial charge in [-0.1, -0.05) is 0 Å². The Labute approximate surface area is 137 Å². The van der Waals surface area contributed by atoms with Crippen molar-refractivity contribution >= 4 is 55.1 Å². The lowest BCUT2D eigenvalue weighted by Crippen LogP contribution is -2.22. The van der Waals surface area contributed by atoms with E-state index in [1.54, 1.807) is 25.1 Å². The number of amidine groups is 1. The van der Waals surface area contributed by atoms with Crippen molar-refractivity contribution in [2.24, 2.45) is 10.8 Å². The molecule has 0 saturated heterocycles. The van der Waals surface area contributed by atoms with Crippen molar-refractivity contribution in [3.8, 4) is 6.07 Å². The third-order valence-electron chi connectivity index (χ3n) is 2.19. The van der Waals surface area contributed by atoms with E-state index in [-0.39, 0.29) is 12.3 Å². The number of ether oxygens (including phenoxy) is 1. The Bertz CT molecular complexity index is 629. The molecule has 0 aliphatic rings. The highest BCUT2D eigenvalue weighted by Crippen LogP contribution is 2.32. The van der Waals surface area contributed by atoms with Crippen LogP contribution in [0.2, 0.25) is 0 Å². The monoisotopic (exact) mass is 415 g/mol. The number of benzene rings is 1. The molecule has 21 heavy (non-hydrogen) atoms. The van der Waals surface area contributed by atoms with E-state index < -0.39 is 11.8 Å². The van der Waals surface area contributed by atoms with E-state index in [0.717, 1.165) is 0 Å². The third kappa shape index (κ3) is 4.54. The fraction of sp³-hybridized carbons (Fsp3) is 0.167. The number of hydrogen-bond acceptors (Lipinski definition) is 6. The van der Waals surface area contributed by atoms with Gasteiger partial charge in [0.2, 0.25) is 5.71 Å². The lowest BCUT2D eigenvalue weighted by atomic mass is 10.2. The molecule has 9 heteroatoms. The van der Waals surface area contributed by atoms with Crippen LogP contribution in [0.25, 0.3) is 0 Å². The normalized spacial score (nSPS) is 10.7. The second-order valence-corrected chi connectivity index (χ2v) is 5.34. The molecule has 0 bridgehead atoms. The van der Waals surface area contributed by atoms with Crippen molar-refractivity contribution < 1.29 is 9.53 Å². The first-order valence-electron chi connectivity index (χ1n) is 5.65. The van der Waals surface area contributed by atoms with E-state index in [0.29, 0.717) is 20.2 Å². The highest BCUT2D eigenvalue weighted by atomic mass is 79.9. The minimum absolute atomic E-state index is 0.247. The quantitative estimate of drug-likeness (QED) is 0.294. The van der Waals surface area contributed by atoms with Gasteiger partial charge in [-0.05, 0) is 50.9 Å². The zero-order chi connectivity index (χ0) is 16.0. The van der Waals surface area contributed by atoms with E-state index in [2.05, 4.69) is 42.4 Å². The van der Waals surface area contributed by atoms with Crippen LogP contribution in [0.1, 0.15) is 17.3 Å². The molecule has 0 aliphatic heterocycles. The fourth-order valence-corrected chi connectivity index (χ4v) is 2.63. The van der Waals surface area contributed by atoms with Crippen molar-refractivity contribution in [1.29, 1.82) is 10.7 Å². The number of hydrogen-bond donors (Lipinski definition) is 3. The summed E-state index contributed by atoms with van der Waals surface area (Å²) in [6.07, 6.45) is 0. The Morgan fingerprint density at radius 2 is 2.10 bits per heavy atom. The first-order valence-corrected chi connectivity index (χ1v) is 7.23. The molecule has 0 heterocycles. The summed E-state index contributed by atoms with van der Waals surface area (Å²) in [4.78, 5) is 11.7. The van der Waals surface area contributed by atoms with Crippen LogP contribution in [0.4, 0.5) is 5.69 Å². The van der Waals surface area contributed by atoms with E-state index in [1.807, 2.05) is 0 Å². The highest BCUT2D eigenvalue weighted by Gasteiger charge is 2.13. The average Bonchev–Trinajstić information content (AvgIpc) is 2.41. The first kappa shape index (κ1) is 17.1. The smallest absolute Gasteiger partial charge is 0.338 e. The number of hydrazone groups is 1. The lowest BCUT2D eigenvalue weighted by molar-refractivity contribution is 0.0526. The van der Waals surface area contributed by atoms with Gasteiger partial charge in [-0.3, -0.25) is 10.8 Å². The molecule has 0 saturated carbocycles. The maximum absolute atomic E-state index is 11.7. The largest absolute Gasteiger partial charge is 0.462 e. The van der Waals surface area contributed by atoms with Crippen molar-refractivity contribution in [3.05, 3.63) is 26.6 Å². The molecule has 0 spiro atoms. The van der Waals surface area contributed by atoms with E-state index in [9.17, 15) is 4.79 Å². The Hall–Kier alpha value is -1.92. The number of nitrogens with one attached hydrogen (secondary N) is 2. The van der Waals surface area contributed by atoms with Gasteiger partial charge < -0.3 is 10.5 Å². The minimum Gasteiger partial charge on any atom is -0.462 e. The van der Waals surface area contributed by atoms with Crippen molar-refractivity contribution in [2.75, 3.05) is 12.0 Å². The predicted octanol–water partition coefficient (Wildman–Crippen LogP) is 2.62. The van der Waals surface area contributed by atoms with Crippen LogP contribution in [0.3, 0.4) is 0 Å². The molecule has 0 radical (unpaired) electrons. The summed E-state index contributed by atoms with van der Waals surface area (Å²) in [5, 5.41) is 19.6. The zero-order valence-corrected chi connectivity index (χ0v) is 14.1. The zero-order valence-electron chi connectivity index (χ0n) is 10.9. The summed E-state index contributed by atoms with van der Waals surface area (Å²) >= 11 is 6.58. The Morgan fingerprint density at radius 1 is 1.52 bits per heavy atom. The maximum atomic E-state index is 11.7. The standard InChI is InChI=1S/C12H11Br2N5O2/c1-2-21-12(20)6-3-7(13)10(8(14)4-6)19-18-9(5-15)11(16)17/h3-4,19H,2H2,1H3,(H3,16,17)/b18-9+. The maximum Gasteiger partial charge on any atom is 0.338 e. The van der Waals surface area contributed by atoms with Gasteiger partial charge in [0.25, 0.3) is 0 Å². The molecule has 0 aromatic heterocycles. The second-order valence-electron chi connectivity index (χ2n) is 3.63. The molecule has 0 unspecified atom stereocenters. The lowest BCUT2D eigenvalue weighted by Gasteiger charge is -2.09. The molecule has 1 aromatic carbocycles. The molecule has 1 aromatic rings. The van der Waals surface area contributed by atoms with E-state index in [1.165, 1.54) is 0 Å². The molecule has 7 nitrogen and oxygen atoms in total. The molecule has 0 aliphatic carbocycles. The van der Waals surface area contributed by atoms with Crippen LogP contribution in [-0.4, -0.2) is 24.1 Å². The topological polar surface area (TPSA) is 124 Å². The number of anilines is 1. The van der Waals surface area contributed by atoms with Crippen molar-refractivity contribution in [3.63, 3.8) is 0 Å². The van der Waals surface area contributed by atoms with Crippen LogP contribution in [0.15, 0.2) is 26.2 Å². The van der Waals surface area contributed by atoms with Gasteiger partial charge in [0, 0.05) is 8.95 Å². The van der Waals surface area contributed by atoms with Gasteiger partial charge in [0.05, 0.1) is 17.9 Å². The number of rotatable bonds is 5. The summed E-state index contributed by atoms with van der Waals surface area (Å²) < 4.78 is 5.97. The third-order valence-corrected chi connectivity index (χ3v) is 3.44. The van der Waals surface area contributed by atoms with E-state index in [4.69, 9.17) is 21.1 Å². The first-order chi connectivity index (χ1) is 9.90. The van der Waals surface area contributed by atoms with Gasteiger partial charge in [0.1, 0.15) is 6.07 Å². The Kier molecular flexibility index (Phi) is 6.33. The summed E-state index contributed by atoms with van der Waals surface area (Å²) in [7, 11) is 0. The molecule has 110 valence electrons. The Morgan fingerprint density at radius 3 is 2.52 bits per heavy atom. The van der Waals surface area contributed by atoms with Gasteiger partial charge >= 0.3 is 5.97 Å². The molecule has 0 atom stereocenters. The van der Waals surface area contributed by atoms with Crippen LogP contribution < -0.4 is 11.2 Å². The number of nitrogens with two attached hydrogens (primary N) is 1. The minimum atomic E-state index is -0.449. The molecule has 4 N–H and O–H groups in total. The van der Waals surface area contributed by atoms with E-state index >= 15 is 0 Å². The number of nitrogens with zero attached hydrogens (tertiary/aromatic N) is 2. The molecular formula is C12H11Br2N5O2. The number of carbonyl (C=O) groups is 1. The summed E-state index contributed by atoms with van der Waals surface area (Å²) in [6.45, 7) is 2.00. The Balaban J connectivity index is 3.09. The molecule has 0 fully saturated rings. The van der Waals surface area contributed by atoms with Gasteiger partial charge in [-0.15, -0.1) is 0 Å². The van der Waals surface area contributed by atoms with Crippen LogP contribution >= 0.6 is 31.9 Å². The number of carbonyl (C=O) groups excluding carboxylic acids is 1. The number of esters is 1. The number of nitriles is 1. The summed E-state index contributed by atoms with van der Waals surface area (Å²) in [6, 6.07) is 4.80. The predicted molar refractivity (Wildman–Crippen MR) is 86.4 cm³/mol. The van der Waals surface area contributed by atoms with Crippen molar-refractivity contribution in [2.45, 2.75) is 6.92 Å². The summed E-state index contributed by atoms with van der Waals surface area (Å²) in [5.41, 5.74) is 8.40. The van der Waals surface area contributed by atoms with Crippen LogP contribution in [0, 0.1) is 16.7 Å². The van der Waals surface area contributed by atoms with Gasteiger partial charge in [-0.2, -0.15) is 10.4 Å². The van der Waals surface area contributed by atoms with Crippen molar-refractivity contribution in [1.82, 2.24) is 0 Å². The molecular weight excluding hydrogens is 406 g/mol. The fourth-order valence-electron chi connectivity index (χ4n) is 1.27. The van der Waals surface area contributed by atoms with Gasteiger partial charge in [0.15, 0.2) is 5.84 Å². The van der Waals surface area contributed by atoms with Crippen LogP contribution in [0.5, 0.6) is 0 Å².